The summed E-state index contributed by atoms with van der Waals surface area (Å²) in [4.78, 5) is 11.5. The molecule has 5 heteroatoms. The predicted octanol–water partition coefficient (Wildman–Crippen LogP) is 0.815. The first-order chi connectivity index (χ1) is 6.83. The standard InChI is InChI=1S/C9H12N4O/c1-2-14-8-4-3-6-9(13-8)12-7(5-10)11-6/h3-4H,2,5,10H2,1H3,(H,11,12,13). The quantitative estimate of drug-likeness (QED) is 0.754. The van der Waals surface area contributed by atoms with Gasteiger partial charge >= 0.3 is 0 Å². The molecule has 0 fully saturated rings. The number of rotatable bonds is 3. The van der Waals surface area contributed by atoms with Gasteiger partial charge in [-0.15, -0.1) is 0 Å². The van der Waals surface area contributed by atoms with Gasteiger partial charge in [-0.25, -0.2) is 4.98 Å². The second kappa shape index (κ2) is 3.63. The van der Waals surface area contributed by atoms with Crippen molar-refractivity contribution >= 4 is 11.2 Å². The minimum atomic E-state index is 0.389. The molecule has 0 atom stereocenters. The molecular formula is C9H12N4O. The lowest BCUT2D eigenvalue weighted by Crippen LogP contribution is -1.97. The van der Waals surface area contributed by atoms with Gasteiger partial charge in [-0.05, 0) is 13.0 Å². The lowest BCUT2D eigenvalue weighted by atomic mass is 10.4. The fourth-order valence-electron chi connectivity index (χ4n) is 1.25. The number of fused-ring (bicyclic) bond motifs is 1. The Morgan fingerprint density at radius 2 is 2.29 bits per heavy atom. The van der Waals surface area contributed by atoms with Crippen LogP contribution in [0.5, 0.6) is 5.88 Å². The van der Waals surface area contributed by atoms with E-state index in [9.17, 15) is 0 Å². The van der Waals surface area contributed by atoms with Gasteiger partial charge in [-0.2, -0.15) is 4.98 Å². The van der Waals surface area contributed by atoms with Crippen molar-refractivity contribution in [2.45, 2.75) is 13.5 Å². The summed E-state index contributed by atoms with van der Waals surface area (Å²) >= 11 is 0. The highest BCUT2D eigenvalue weighted by Gasteiger charge is 2.03. The van der Waals surface area contributed by atoms with E-state index in [1.807, 2.05) is 19.1 Å². The molecule has 0 saturated carbocycles. The predicted molar refractivity (Wildman–Crippen MR) is 52.9 cm³/mol. The molecule has 74 valence electrons. The van der Waals surface area contributed by atoms with E-state index in [4.69, 9.17) is 10.5 Å². The van der Waals surface area contributed by atoms with Crippen LogP contribution >= 0.6 is 0 Å². The van der Waals surface area contributed by atoms with Crippen molar-refractivity contribution in [2.24, 2.45) is 5.73 Å². The summed E-state index contributed by atoms with van der Waals surface area (Å²) in [7, 11) is 0. The Bertz CT molecular complexity index is 437. The fraction of sp³-hybridized carbons (Fsp3) is 0.333. The van der Waals surface area contributed by atoms with E-state index in [0.717, 1.165) is 11.3 Å². The van der Waals surface area contributed by atoms with Crippen molar-refractivity contribution in [3.05, 3.63) is 18.0 Å². The Balaban J connectivity index is 2.43. The van der Waals surface area contributed by atoms with Crippen molar-refractivity contribution < 1.29 is 4.74 Å². The number of aromatic nitrogens is 3. The molecule has 2 aromatic rings. The first-order valence-electron chi connectivity index (χ1n) is 4.52. The number of hydrogen-bond donors (Lipinski definition) is 2. The Morgan fingerprint density at radius 1 is 1.43 bits per heavy atom. The van der Waals surface area contributed by atoms with E-state index in [1.165, 1.54) is 0 Å². The summed E-state index contributed by atoms with van der Waals surface area (Å²) in [5, 5.41) is 0. The van der Waals surface area contributed by atoms with Crippen molar-refractivity contribution in [2.75, 3.05) is 6.61 Å². The molecule has 2 rings (SSSR count). The SMILES string of the molecule is CCOc1ccc2[nH]c(CN)nc2n1. The van der Waals surface area contributed by atoms with Gasteiger partial charge in [0.1, 0.15) is 5.82 Å². The largest absolute Gasteiger partial charge is 0.478 e. The molecule has 0 amide bonds. The van der Waals surface area contributed by atoms with Crippen molar-refractivity contribution in [3.8, 4) is 5.88 Å². The van der Waals surface area contributed by atoms with Gasteiger partial charge in [-0.1, -0.05) is 0 Å². The third-order valence-electron chi connectivity index (χ3n) is 1.85. The number of nitrogens with one attached hydrogen (secondary N) is 1. The van der Waals surface area contributed by atoms with Gasteiger partial charge in [0.15, 0.2) is 5.65 Å². The van der Waals surface area contributed by atoms with Crippen LogP contribution in [0.1, 0.15) is 12.7 Å². The molecule has 2 aromatic heterocycles. The van der Waals surface area contributed by atoms with Crippen LogP contribution in [0.2, 0.25) is 0 Å². The molecule has 0 aliphatic rings. The molecule has 0 aliphatic carbocycles. The van der Waals surface area contributed by atoms with Crippen LogP contribution in [0.25, 0.3) is 11.2 Å². The van der Waals surface area contributed by atoms with Crippen molar-refractivity contribution in [3.63, 3.8) is 0 Å². The number of nitrogens with zero attached hydrogens (tertiary/aromatic N) is 2. The molecule has 0 spiro atoms. The number of aromatic amines is 1. The van der Waals surface area contributed by atoms with Gasteiger partial charge in [0, 0.05) is 6.07 Å². The lowest BCUT2D eigenvalue weighted by Gasteiger charge is -1.99. The van der Waals surface area contributed by atoms with E-state index in [-0.39, 0.29) is 0 Å². The maximum atomic E-state index is 5.46. The van der Waals surface area contributed by atoms with Crippen LogP contribution in [0.15, 0.2) is 12.1 Å². The van der Waals surface area contributed by atoms with Gasteiger partial charge in [0.2, 0.25) is 5.88 Å². The lowest BCUT2D eigenvalue weighted by molar-refractivity contribution is 0.328. The molecule has 2 heterocycles. The minimum Gasteiger partial charge on any atom is -0.478 e. The molecule has 0 aromatic carbocycles. The molecule has 5 nitrogen and oxygen atoms in total. The minimum absolute atomic E-state index is 0.389. The van der Waals surface area contributed by atoms with Gasteiger partial charge in [0.05, 0.1) is 18.7 Å². The van der Waals surface area contributed by atoms with E-state index < -0.39 is 0 Å². The zero-order valence-electron chi connectivity index (χ0n) is 7.95. The summed E-state index contributed by atoms with van der Waals surface area (Å²) in [6, 6.07) is 3.70. The highest BCUT2D eigenvalue weighted by molar-refractivity contribution is 5.71. The number of pyridine rings is 1. The number of nitrogens with two attached hydrogens (primary N) is 1. The van der Waals surface area contributed by atoms with Gasteiger partial charge in [-0.3, -0.25) is 0 Å². The third-order valence-corrected chi connectivity index (χ3v) is 1.85. The Hall–Kier alpha value is -1.62. The summed E-state index contributed by atoms with van der Waals surface area (Å²) in [5.74, 6) is 1.33. The Kier molecular flexibility index (Phi) is 2.32. The molecule has 0 unspecified atom stereocenters. The number of H-pyrrole nitrogens is 1. The third kappa shape index (κ3) is 1.54. The van der Waals surface area contributed by atoms with Crippen LogP contribution in [-0.4, -0.2) is 21.6 Å². The average Bonchev–Trinajstić information content (AvgIpc) is 2.60. The highest BCUT2D eigenvalue weighted by atomic mass is 16.5. The monoisotopic (exact) mass is 192 g/mol. The molecule has 0 saturated heterocycles. The molecule has 14 heavy (non-hydrogen) atoms. The summed E-state index contributed by atoms with van der Waals surface area (Å²) < 4.78 is 5.26. The number of hydrogen-bond acceptors (Lipinski definition) is 4. The average molecular weight is 192 g/mol. The normalized spacial score (nSPS) is 10.7. The molecule has 0 aliphatic heterocycles. The Labute approximate surface area is 81.3 Å². The van der Waals surface area contributed by atoms with E-state index in [0.29, 0.717) is 24.7 Å². The smallest absolute Gasteiger partial charge is 0.215 e. The summed E-state index contributed by atoms with van der Waals surface area (Å²) in [6.07, 6.45) is 0. The first-order valence-corrected chi connectivity index (χ1v) is 4.52. The first kappa shape index (κ1) is 8.96. The van der Waals surface area contributed by atoms with E-state index in [1.54, 1.807) is 0 Å². The van der Waals surface area contributed by atoms with Crippen molar-refractivity contribution in [1.82, 2.24) is 15.0 Å². The zero-order chi connectivity index (χ0) is 9.97. The second-order valence-electron chi connectivity index (χ2n) is 2.84. The van der Waals surface area contributed by atoms with Crippen LogP contribution in [0.4, 0.5) is 0 Å². The zero-order valence-corrected chi connectivity index (χ0v) is 7.95. The highest BCUT2D eigenvalue weighted by Crippen LogP contribution is 2.14. The van der Waals surface area contributed by atoms with Crippen LogP contribution < -0.4 is 10.5 Å². The summed E-state index contributed by atoms with van der Waals surface area (Å²) in [6.45, 7) is 2.91. The fourth-order valence-corrected chi connectivity index (χ4v) is 1.25. The topological polar surface area (TPSA) is 76.8 Å². The number of imidazole rings is 1. The maximum absolute atomic E-state index is 5.46. The molecule has 0 bridgehead atoms. The van der Waals surface area contributed by atoms with Crippen LogP contribution in [0.3, 0.4) is 0 Å². The van der Waals surface area contributed by atoms with Crippen LogP contribution in [-0.2, 0) is 6.54 Å². The van der Waals surface area contributed by atoms with E-state index in [2.05, 4.69) is 15.0 Å². The van der Waals surface area contributed by atoms with Crippen LogP contribution in [0, 0.1) is 0 Å². The number of ether oxygens (including phenoxy) is 1. The summed E-state index contributed by atoms with van der Waals surface area (Å²) in [5.41, 5.74) is 6.99. The van der Waals surface area contributed by atoms with E-state index >= 15 is 0 Å². The molecule has 3 N–H and O–H groups in total. The molecule has 0 radical (unpaired) electrons. The van der Waals surface area contributed by atoms with Gasteiger partial charge in [0.25, 0.3) is 0 Å². The second-order valence-corrected chi connectivity index (χ2v) is 2.84. The van der Waals surface area contributed by atoms with Crippen molar-refractivity contribution in [1.29, 1.82) is 0 Å². The molecular weight excluding hydrogens is 180 g/mol. The maximum Gasteiger partial charge on any atom is 0.215 e. The Morgan fingerprint density at radius 3 is 3.00 bits per heavy atom. The van der Waals surface area contributed by atoms with Gasteiger partial charge < -0.3 is 15.5 Å².